The Morgan fingerprint density at radius 1 is 1.11 bits per heavy atom. The highest BCUT2D eigenvalue weighted by atomic mass is 15.1. The molecule has 0 aliphatic rings. The number of hydrogen-bond donors (Lipinski definition) is 2. The standard InChI is InChI=1S/C22H18N6/c1-15-12-18(4-3-10-23)13-16(2)21(15)27-20-9-11-25-22(28-20)26-19-7-5-17(14-24)6-8-19/h3-9,11-13H,1-2H3,(H2,25,26,27,28)/b4-3+/i1D3,2D3,9D,11D,12D,13D. The molecule has 3 rings (SSSR count). The normalized spacial score (nSPS) is 16.4. The van der Waals surface area contributed by atoms with Crippen molar-refractivity contribution in [3.05, 3.63) is 76.9 Å². The summed E-state index contributed by atoms with van der Waals surface area (Å²) >= 11 is 0. The van der Waals surface area contributed by atoms with E-state index in [2.05, 4.69) is 20.6 Å². The van der Waals surface area contributed by atoms with Crippen molar-refractivity contribution in [3.8, 4) is 12.1 Å². The highest BCUT2D eigenvalue weighted by Gasteiger charge is 2.07. The predicted molar refractivity (Wildman–Crippen MR) is 110 cm³/mol. The molecular formula is C22H18N6. The van der Waals surface area contributed by atoms with E-state index < -0.39 is 60.6 Å². The molecule has 28 heavy (non-hydrogen) atoms. The second-order valence-electron chi connectivity index (χ2n) is 5.32. The number of aromatic nitrogens is 2. The lowest BCUT2D eigenvalue weighted by Crippen LogP contribution is -2.02. The van der Waals surface area contributed by atoms with Gasteiger partial charge in [0.2, 0.25) is 5.95 Å². The highest BCUT2D eigenvalue weighted by molar-refractivity contribution is 5.69. The van der Waals surface area contributed by atoms with Crippen LogP contribution in [0.3, 0.4) is 0 Å². The molecular weight excluding hydrogens is 348 g/mol. The fourth-order valence-electron chi connectivity index (χ4n) is 2.16. The van der Waals surface area contributed by atoms with Crippen LogP contribution in [0, 0.1) is 36.4 Å². The van der Waals surface area contributed by atoms with E-state index in [4.69, 9.17) is 24.2 Å². The first kappa shape index (κ1) is 9.68. The SMILES string of the molecule is [2H]c1nc(Nc2ccc(C#N)cc2)nc(Nc2c(C([2H])([2H])[2H])c([2H])c(/C=C/C#N)c([2H])c2C([2H])([2H])[2H])c1[2H]. The summed E-state index contributed by atoms with van der Waals surface area (Å²) in [6, 6.07) is 7.71. The van der Waals surface area contributed by atoms with Crippen LogP contribution in [0.25, 0.3) is 6.08 Å². The van der Waals surface area contributed by atoms with Crippen molar-refractivity contribution in [3.63, 3.8) is 0 Å². The van der Waals surface area contributed by atoms with Gasteiger partial charge in [-0.05, 0) is 78.9 Å². The summed E-state index contributed by atoms with van der Waals surface area (Å²) in [5.41, 5.74) is -1.74. The molecule has 0 saturated carbocycles. The Bertz CT molecular complexity index is 1460. The fourth-order valence-corrected chi connectivity index (χ4v) is 2.16. The molecule has 0 saturated heterocycles. The lowest BCUT2D eigenvalue weighted by atomic mass is 10.0. The number of nitrogens with zero attached hydrogens (tertiary/aromatic N) is 4. The van der Waals surface area contributed by atoms with Crippen LogP contribution in [0.15, 0.2) is 54.6 Å². The minimum atomic E-state index is -3.05. The van der Waals surface area contributed by atoms with E-state index in [0.29, 0.717) is 11.3 Å². The zero-order chi connectivity index (χ0) is 28.4. The molecule has 0 amide bonds. The van der Waals surface area contributed by atoms with Crippen LogP contribution < -0.4 is 10.6 Å². The molecule has 0 radical (unpaired) electrons. The van der Waals surface area contributed by atoms with Gasteiger partial charge in [-0.2, -0.15) is 15.5 Å². The van der Waals surface area contributed by atoms with Gasteiger partial charge in [-0.15, -0.1) is 0 Å². The summed E-state index contributed by atoms with van der Waals surface area (Å²) in [6.45, 7) is -6.10. The first-order valence-electron chi connectivity index (χ1n) is 12.8. The van der Waals surface area contributed by atoms with Gasteiger partial charge in [-0.25, -0.2) is 4.98 Å². The monoisotopic (exact) mass is 376 g/mol. The first-order chi connectivity index (χ1) is 17.7. The number of hydrogen-bond acceptors (Lipinski definition) is 6. The summed E-state index contributed by atoms with van der Waals surface area (Å²) in [7, 11) is 0. The van der Waals surface area contributed by atoms with E-state index in [1.165, 1.54) is 12.1 Å². The number of nitrogens with one attached hydrogen (secondary N) is 2. The van der Waals surface area contributed by atoms with E-state index in [0.717, 1.165) is 12.2 Å². The second-order valence-corrected chi connectivity index (χ2v) is 5.32. The molecule has 1 aromatic heterocycles. The number of rotatable bonds is 5. The average Bonchev–Trinajstić information content (AvgIpc) is 2.80. The van der Waals surface area contributed by atoms with Crippen molar-refractivity contribution < 1.29 is 13.7 Å². The van der Waals surface area contributed by atoms with Crippen molar-refractivity contribution >= 4 is 29.2 Å². The summed E-state index contributed by atoms with van der Waals surface area (Å²) in [5.74, 6) is -0.647. The third-order valence-corrected chi connectivity index (χ3v) is 3.41. The summed E-state index contributed by atoms with van der Waals surface area (Å²) < 4.78 is 81.0. The van der Waals surface area contributed by atoms with Gasteiger partial charge in [0.1, 0.15) is 5.82 Å². The predicted octanol–water partition coefficient (Wildman–Crippen LogP) is 4.99. The molecule has 2 aromatic carbocycles. The maximum atomic E-state index is 8.95. The lowest BCUT2D eigenvalue weighted by molar-refractivity contribution is 1.16. The van der Waals surface area contributed by atoms with Gasteiger partial charge < -0.3 is 10.6 Å². The van der Waals surface area contributed by atoms with Crippen molar-refractivity contribution in [2.75, 3.05) is 10.6 Å². The van der Waals surface area contributed by atoms with Gasteiger partial charge in [0.05, 0.1) is 23.2 Å². The van der Waals surface area contributed by atoms with Crippen LogP contribution in [0.5, 0.6) is 0 Å². The Morgan fingerprint density at radius 3 is 2.50 bits per heavy atom. The third-order valence-electron chi connectivity index (χ3n) is 3.41. The van der Waals surface area contributed by atoms with Gasteiger partial charge in [0.15, 0.2) is 0 Å². The molecule has 3 aromatic rings. The molecule has 0 spiro atoms. The van der Waals surface area contributed by atoms with E-state index in [-0.39, 0.29) is 11.5 Å². The van der Waals surface area contributed by atoms with Gasteiger partial charge in [0, 0.05) is 31.8 Å². The minimum absolute atomic E-state index is 0.199. The van der Waals surface area contributed by atoms with Crippen LogP contribution in [0.1, 0.15) is 36.0 Å². The van der Waals surface area contributed by atoms with Crippen LogP contribution in [0.4, 0.5) is 23.1 Å². The van der Waals surface area contributed by atoms with Gasteiger partial charge >= 0.3 is 0 Å². The van der Waals surface area contributed by atoms with E-state index >= 15 is 0 Å². The van der Waals surface area contributed by atoms with Crippen LogP contribution in [-0.4, -0.2) is 9.97 Å². The van der Waals surface area contributed by atoms with Crippen LogP contribution >= 0.6 is 0 Å². The molecule has 0 bridgehead atoms. The largest absolute Gasteiger partial charge is 0.340 e. The Labute approximate surface area is 177 Å². The van der Waals surface area contributed by atoms with Crippen LogP contribution in [0.2, 0.25) is 0 Å². The molecule has 2 N–H and O–H groups in total. The smallest absolute Gasteiger partial charge is 0.229 e. The molecule has 6 nitrogen and oxygen atoms in total. The van der Waals surface area contributed by atoms with E-state index in [1.807, 2.05) is 6.07 Å². The van der Waals surface area contributed by atoms with E-state index in [9.17, 15) is 0 Å². The summed E-state index contributed by atoms with van der Waals surface area (Å²) in [6.07, 6.45) is 1.29. The summed E-state index contributed by atoms with van der Waals surface area (Å²) in [5, 5.41) is 23.1. The lowest BCUT2D eigenvalue weighted by Gasteiger charge is -2.14. The van der Waals surface area contributed by atoms with Gasteiger partial charge in [0.25, 0.3) is 0 Å². The van der Waals surface area contributed by atoms with Crippen molar-refractivity contribution in [1.29, 1.82) is 10.5 Å². The number of nitriles is 2. The molecule has 0 fully saturated rings. The zero-order valence-corrected chi connectivity index (χ0v) is 14.3. The molecule has 0 unspecified atom stereocenters. The Hall–Kier alpha value is -4.16. The van der Waals surface area contributed by atoms with Gasteiger partial charge in [-0.1, -0.05) is 0 Å². The average molecular weight is 376 g/mol. The van der Waals surface area contributed by atoms with Crippen molar-refractivity contribution in [2.45, 2.75) is 13.7 Å². The van der Waals surface area contributed by atoms with Gasteiger partial charge in [-0.3, -0.25) is 0 Å². The maximum Gasteiger partial charge on any atom is 0.229 e. The van der Waals surface area contributed by atoms with E-state index in [1.54, 1.807) is 18.2 Å². The number of anilines is 4. The topological polar surface area (TPSA) is 97.4 Å². The van der Waals surface area contributed by atoms with Crippen molar-refractivity contribution in [1.82, 2.24) is 9.97 Å². The highest BCUT2D eigenvalue weighted by Crippen LogP contribution is 2.26. The second kappa shape index (κ2) is 8.48. The maximum absolute atomic E-state index is 8.95. The molecule has 0 aliphatic carbocycles. The molecule has 0 atom stereocenters. The molecule has 0 aliphatic heterocycles. The fraction of sp³-hybridized carbons (Fsp3) is 0.0909. The first-order valence-corrected chi connectivity index (χ1v) is 7.82. The third kappa shape index (κ3) is 4.51. The number of benzene rings is 2. The molecule has 1 heterocycles. The Morgan fingerprint density at radius 2 is 1.86 bits per heavy atom. The number of allylic oxidation sites excluding steroid dienone is 1. The molecule has 6 heteroatoms. The quantitative estimate of drug-likeness (QED) is 0.609. The zero-order valence-electron chi connectivity index (χ0n) is 24.3. The van der Waals surface area contributed by atoms with Crippen molar-refractivity contribution in [2.24, 2.45) is 0 Å². The van der Waals surface area contributed by atoms with Crippen LogP contribution in [-0.2, 0) is 0 Å². The molecule has 136 valence electrons. The Balaban J connectivity index is 2.26. The minimum Gasteiger partial charge on any atom is -0.340 e. The summed E-state index contributed by atoms with van der Waals surface area (Å²) in [4.78, 5) is 7.95. The Kier molecular flexibility index (Phi) is 2.93.